The minimum Gasteiger partial charge on any atom is -0.367 e. The molecule has 0 bridgehead atoms. The number of nitrogens with zero attached hydrogens (tertiary/aromatic N) is 1. The minimum absolute atomic E-state index is 0.0581. The fraction of sp³-hybridized carbons (Fsp3) is 0.632. The van der Waals surface area contributed by atoms with Crippen LogP contribution < -0.4 is 16.0 Å². The fourth-order valence-corrected chi connectivity index (χ4v) is 6.50. The first-order valence-electron chi connectivity index (χ1n) is 9.72. The van der Waals surface area contributed by atoms with Gasteiger partial charge in [0, 0.05) is 25.7 Å². The van der Waals surface area contributed by atoms with E-state index in [1.54, 1.807) is 4.90 Å². The van der Waals surface area contributed by atoms with Gasteiger partial charge in [-0.15, -0.1) is 0 Å². The van der Waals surface area contributed by atoms with Crippen molar-refractivity contribution in [2.75, 3.05) is 36.0 Å². The highest BCUT2D eigenvalue weighted by Gasteiger charge is 2.40. The van der Waals surface area contributed by atoms with Gasteiger partial charge in [-0.05, 0) is 48.8 Å². The SMILES string of the molecule is NCC1C[C@@H](c2cc(F)c(N3CCC(C4CS(=O)(=O)C4)CC3)c(F)c2)C(=O)N1. The number of benzene rings is 1. The van der Waals surface area contributed by atoms with E-state index >= 15 is 0 Å². The van der Waals surface area contributed by atoms with Crippen molar-refractivity contribution in [3.05, 3.63) is 29.3 Å². The molecule has 154 valence electrons. The topological polar surface area (TPSA) is 92.5 Å². The van der Waals surface area contributed by atoms with E-state index in [-0.39, 0.29) is 35.1 Å². The molecular formula is C19H25F2N3O3S. The Bertz CT molecular complexity index is 849. The average Bonchev–Trinajstić information content (AvgIpc) is 3.00. The number of nitrogens with two attached hydrogens (primary N) is 1. The Hall–Kier alpha value is -1.74. The first-order chi connectivity index (χ1) is 13.3. The zero-order valence-corrected chi connectivity index (χ0v) is 16.4. The van der Waals surface area contributed by atoms with Crippen LogP contribution in [0.5, 0.6) is 0 Å². The summed E-state index contributed by atoms with van der Waals surface area (Å²) in [6.45, 7) is 1.28. The summed E-state index contributed by atoms with van der Waals surface area (Å²) in [5.74, 6) is -1.21. The van der Waals surface area contributed by atoms with Crippen LogP contribution in [0.25, 0.3) is 0 Å². The number of nitrogens with one attached hydrogen (secondary N) is 1. The van der Waals surface area contributed by atoms with Crippen molar-refractivity contribution in [1.82, 2.24) is 5.32 Å². The summed E-state index contributed by atoms with van der Waals surface area (Å²) < 4.78 is 52.3. The molecule has 3 aliphatic heterocycles. The number of piperidine rings is 1. The van der Waals surface area contributed by atoms with Crippen molar-refractivity contribution in [2.45, 2.75) is 31.2 Å². The molecule has 2 atom stereocenters. The van der Waals surface area contributed by atoms with E-state index in [1.165, 1.54) is 12.1 Å². The number of amides is 1. The molecule has 0 aliphatic carbocycles. The van der Waals surface area contributed by atoms with Gasteiger partial charge in [0.15, 0.2) is 9.84 Å². The lowest BCUT2D eigenvalue weighted by molar-refractivity contribution is -0.120. The fourth-order valence-electron chi connectivity index (χ4n) is 4.75. The molecule has 0 aromatic heterocycles. The van der Waals surface area contributed by atoms with Crippen LogP contribution in [0.3, 0.4) is 0 Å². The summed E-state index contributed by atoms with van der Waals surface area (Å²) in [5.41, 5.74) is 5.85. The van der Waals surface area contributed by atoms with Crippen molar-refractivity contribution < 1.29 is 22.0 Å². The Morgan fingerprint density at radius 1 is 1.11 bits per heavy atom. The normalized spacial score (nSPS) is 28.2. The smallest absolute Gasteiger partial charge is 0.227 e. The lowest BCUT2D eigenvalue weighted by atomic mass is 9.85. The summed E-state index contributed by atoms with van der Waals surface area (Å²) >= 11 is 0. The van der Waals surface area contributed by atoms with Crippen molar-refractivity contribution in [3.63, 3.8) is 0 Å². The second-order valence-corrected chi connectivity index (χ2v) is 10.4. The lowest BCUT2D eigenvalue weighted by Gasteiger charge is -2.40. The van der Waals surface area contributed by atoms with E-state index in [9.17, 15) is 22.0 Å². The summed E-state index contributed by atoms with van der Waals surface area (Å²) in [6.07, 6.45) is 1.89. The van der Waals surface area contributed by atoms with E-state index in [4.69, 9.17) is 5.73 Å². The minimum atomic E-state index is -2.86. The Morgan fingerprint density at radius 2 is 1.71 bits per heavy atom. The largest absolute Gasteiger partial charge is 0.367 e. The monoisotopic (exact) mass is 413 g/mol. The van der Waals surface area contributed by atoms with Crippen molar-refractivity contribution in [1.29, 1.82) is 0 Å². The highest BCUT2D eigenvalue weighted by Crippen LogP contribution is 2.37. The Labute approximate surface area is 163 Å². The second-order valence-electron chi connectivity index (χ2n) is 8.22. The maximum absolute atomic E-state index is 14.8. The van der Waals surface area contributed by atoms with Crippen LogP contribution >= 0.6 is 0 Å². The average molecular weight is 413 g/mol. The third-order valence-corrected chi connectivity index (χ3v) is 8.24. The van der Waals surface area contributed by atoms with Crippen molar-refractivity contribution >= 4 is 21.4 Å². The van der Waals surface area contributed by atoms with Crippen molar-refractivity contribution in [3.8, 4) is 0 Å². The molecular weight excluding hydrogens is 388 g/mol. The van der Waals surface area contributed by atoms with Gasteiger partial charge in [-0.2, -0.15) is 0 Å². The molecule has 3 fully saturated rings. The molecule has 9 heteroatoms. The molecule has 3 saturated heterocycles. The number of hydrogen-bond acceptors (Lipinski definition) is 5. The number of carbonyl (C=O) groups is 1. The van der Waals surface area contributed by atoms with E-state index < -0.39 is 27.4 Å². The Morgan fingerprint density at radius 3 is 2.21 bits per heavy atom. The molecule has 28 heavy (non-hydrogen) atoms. The molecule has 1 aromatic rings. The number of carbonyl (C=O) groups excluding carboxylic acids is 1. The van der Waals surface area contributed by atoms with E-state index in [0.29, 0.717) is 37.5 Å². The molecule has 1 aromatic carbocycles. The number of hydrogen-bond donors (Lipinski definition) is 2. The first-order valence-corrected chi connectivity index (χ1v) is 11.5. The highest BCUT2D eigenvalue weighted by atomic mass is 32.2. The third-order valence-electron chi connectivity index (χ3n) is 6.37. The van der Waals surface area contributed by atoms with E-state index in [2.05, 4.69) is 5.32 Å². The Kier molecular flexibility index (Phi) is 5.07. The number of rotatable bonds is 4. The lowest BCUT2D eigenvalue weighted by Crippen LogP contribution is -2.46. The number of sulfone groups is 1. The van der Waals surface area contributed by atoms with Gasteiger partial charge in [-0.25, -0.2) is 17.2 Å². The van der Waals surface area contributed by atoms with Crippen LogP contribution in [-0.4, -0.2) is 51.5 Å². The number of halogens is 2. The van der Waals surface area contributed by atoms with Crippen LogP contribution in [0.15, 0.2) is 12.1 Å². The molecule has 1 unspecified atom stereocenters. The van der Waals surface area contributed by atoms with Crippen LogP contribution in [0.4, 0.5) is 14.5 Å². The molecule has 1 amide bonds. The molecule has 3 N–H and O–H groups in total. The zero-order valence-electron chi connectivity index (χ0n) is 15.5. The predicted octanol–water partition coefficient (Wildman–Crippen LogP) is 1.16. The molecule has 0 saturated carbocycles. The molecule has 6 nitrogen and oxygen atoms in total. The molecule has 0 radical (unpaired) electrons. The van der Waals surface area contributed by atoms with Crippen LogP contribution in [0.2, 0.25) is 0 Å². The maximum atomic E-state index is 14.8. The first kappa shape index (κ1) is 19.6. The summed E-state index contributed by atoms with van der Waals surface area (Å²) in [5, 5.41) is 2.74. The zero-order chi connectivity index (χ0) is 20.1. The van der Waals surface area contributed by atoms with E-state index in [0.717, 1.165) is 12.8 Å². The van der Waals surface area contributed by atoms with Gasteiger partial charge in [0.2, 0.25) is 5.91 Å². The van der Waals surface area contributed by atoms with Crippen molar-refractivity contribution in [2.24, 2.45) is 17.6 Å². The standard InChI is InChI=1S/C19H25F2N3O3S/c20-16-5-12(15-7-14(8-22)23-19(15)25)6-17(21)18(16)24-3-1-11(2-4-24)13-9-28(26,27)10-13/h5-6,11,13-15H,1-4,7-10,22H2,(H,23,25)/t14?,15-/m0/s1. The van der Waals surface area contributed by atoms with Gasteiger partial charge in [0.1, 0.15) is 17.3 Å². The molecule has 4 rings (SSSR count). The van der Waals surface area contributed by atoms with Crippen LogP contribution in [-0.2, 0) is 14.6 Å². The van der Waals surface area contributed by atoms with Crippen LogP contribution in [0, 0.1) is 23.5 Å². The summed E-state index contributed by atoms with van der Waals surface area (Å²) in [7, 11) is -2.86. The van der Waals surface area contributed by atoms with Gasteiger partial charge < -0.3 is 16.0 Å². The van der Waals surface area contributed by atoms with Crippen LogP contribution in [0.1, 0.15) is 30.7 Å². The van der Waals surface area contributed by atoms with Gasteiger partial charge in [0.05, 0.1) is 17.4 Å². The van der Waals surface area contributed by atoms with Gasteiger partial charge in [0.25, 0.3) is 0 Å². The summed E-state index contributed by atoms with van der Waals surface area (Å²) in [6, 6.07) is 2.34. The van der Waals surface area contributed by atoms with E-state index in [1.807, 2.05) is 0 Å². The third kappa shape index (κ3) is 3.61. The molecule has 3 heterocycles. The quantitative estimate of drug-likeness (QED) is 0.773. The van der Waals surface area contributed by atoms with Gasteiger partial charge >= 0.3 is 0 Å². The molecule has 3 aliphatic rings. The number of anilines is 1. The second kappa shape index (κ2) is 7.26. The van der Waals surface area contributed by atoms with Gasteiger partial charge in [-0.1, -0.05) is 0 Å². The predicted molar refractivity (Wildman–Crippen MR) is 102 cm³/mol. The molecule has 0 spiro atoms. The maximum Gasteiger partial charge on any atom is 0.227 e. The Balaban J connectivity index is 1.45. The van der Waals surface area contributed by atoms with Gasteiger partial charge in [-0.3, -0.25) is 4.79 Å². The highest BCUT2D eigenvalue weighted by molar-refractivity contribution is 7.92. The summed E-state index contributed by atoms with van der Waals surface area (Å²) in [4.78, 5) is 13.8.